The Morgan fingerprint density at radius 2 is 2.25 bits per heavy atom. The summed E-state index contributed by atoms with van der Waals surface area (Å²) in [4.78, 5) is 3.97. The number of hydrogen-bond donors (Lipinski definition) is 2. The molecule has 1 aromatic heterocycles. The molecule has 0 aliphatic carbocycles. The molecule has 2 atom stereocenters. The largest absolute Gasteiger partial charge is 0.391 e. The Morgan fingerprint density at radius 3 is 2.75 bits per heavy atom. The minimum Gasteiger partial charge on any atom is -0.391 e. The van der Waals surface area contributed by atoms with E-state index in [1.807, 2.05) is 0 Å². The minimum absolute atomic E-state index is 0.392. The first-order valence-corrected chi connectivity index (χ1v) is 4.05. The Morgan fingerprint density at radius 1 is 1.58 bits per heavy atom. The lowest BCUT2D eigenvalue weighted by Crippen LogP contribution is -2.24. The van der Waals surface area contributed by atoms with E-state index in [4.69, 9.17) is 22.4 Å². The molecule has 1 rings (SSSR count). The van der Waals surface area contributed by atoms with Crippen LogP contribution in [0.25, 0.3) is 0 Å². The molecule has 0 fully saturated rings. The number of nitrogens with two attached hydrogens (primary N) is 1. The fraction of sp³-hybridized carbons (Fsp3) is 0.375. The van der Waals surface area contributed by atoms with Crippen LogP contribution in [0, 0.1) is 0 Å². The zero-order valence-electron chi connectivity index (χ0n) is 6.74. The zero-order chi connectivity index (χ0) is 9.14. The lowest BCUT2D eigenvalue weighted by Gasteiger charge is -2.13. The molecule has 0 bridgehead atoms. The first kappa shape index (κ1) is 9.45. The Hall–Kier alpha value is -0.640. The van der Waals surface area contributed by atoms with Crippen LogP contribution in [-0.4, -0.2) is 16.2 Å². The highest BCUT2D eigenvalue weighted by Gasteiger charge is 2.12. The molecule has 3 nitrogen and oxygen atoms in total. The van der Waals surface area contributed by atoms with Crippen molar-refractivity contribution < 1.29 is 5.11 Å². The number of pyridine rings is 1. The van der Waals surface area contributed by atoms with E-state index in [0.717, 1.165) is 0 Å². The van der Waals surface area contributed by atoms with Crippen LogP contribution in [0.4, 0.5) is 0 Å². The molecular weight excluding hydrogens is 176 g/mol. The number of halogens is 1. The minimum atomic E-state index is -0.615. The van der Waals surface area contributed by atoms with Crippen molar-refractivity contribution in [3.05, 3.63) is 29.0 Å². The number of aliphatic hydroxyl groups is 1. The Kier molecular flexibility index (Phi) is 3.03. The van der Waals surface area contributed by atoms with Crippen LogP contribution in [-0.2, 0) is 0 Å². The van der Waals surface area contributed by atoms with Gasteiger partial charge < -0.3 is 10.8 Å². The fourth-order valence-corrected chi connectivity index (χ4v) is 1.03. The predicted octanol–water partition coefficient (Wildman–Crippen LogP) is 1.12. The number of aliphatic hydroxyl groups excluding tert-OH is 1. The summed E-state index contributed by atoms with van der Waals surface area (Å²) in [5.41, 5.74) is 6.24. The maximum atomic E-state index is 9.16. The van der Waals surface area contributed by atoms with Crippen molar-refractivity contribution in [2.24, 2.45) is 5.73 Å². The molecule has 1 heterocycles. The molecule has 0 amide bonds. The van der Waals surface area contributed by atoms with E-state index in [-0.39, 0.29) is 0 Å². The first-order valence-electron chi connectivity index (χ1n) is 3.67. The number of aromatic nitrogens is 1. The van der Waals surface area contributed by atoms with Crippen LogP contribution in [0.1, 0.15) is 18.7 Å². The summed E-state index contributed by atoms with van der Waals surface area (Å²) in [7, 11) is 0. The summed E-state index contributed by atoms with van der Waals surface area (Å²) in [5, 5.41) is 9.55. The van der Waals surface area contributed by atoms with Crippen molar-refractivity contribution in [2.45, 2.75) is 19.1 Å². The van der Waals surface area contributed by atoms with Crippen molar-refractivity contribution in [3.63, 3.8) is 0 Å². The monoisotopic (exact) mass is 186 g/mol. The van der Waals surface area contributed by atoms with Gasteiger partial charge in [-0.1, -0.05) is 17.7 Å². The van der Waals surface area contributed by atoms with E-state index in [2.05, 4.69) is 4.98 Å². The standard InChI is InChI=1S/C8H11ClN2O/c1-5(12)8(10)6-3-2-4-7(9)11-6/h2-5,8,12H,10H2,1H3/t5-,8+/m1/s1. The smallest absolute Gasteiger partial charge is 0.129 e. The van der Waals surface area contributed by atoms with Crippen LogP contribution < -0.4 is 5.73 Å². The summed E-state index contributed by atoms with van der Waals surface area (Å²) in [5.74, 6) is 0. The maximum absolute atomic E-state index is 9.16. The fourth-order valence-electron chi connectivity index (χ4n) is 0.857. The van der Waals surface area contributed by atoms with Gasteiger partial charge in [-0.3, -0.25) is 0 Å². The van der Waals surface area contributed by atoms with Gasteiger partial charge in [-0.2, -0.15) is 0 Å². The molecule has 12 heavy (non-hydrogen) atoms. The quantitative estimate of drug-likeness (QED) is 0.681. The molecule has 0 saturated carbocycles. The van der Waals surface area contributed by atoms with E-state index in [1.165, 1.54) is 0 Å². The average molecular weight is 187 g/mol. The van der Waals surface area contributed by atoms with Gasteiger partial charge in [-0.05, 0) is 19.1 Å². The topological polar surface area (TPSA) is 59.1 Å². The third-order valence-electron chi connectivity index (χ3n) is 1.60. The number of hydrogen-bond acceptors (Lipinski definition) is 3. The molecule has 0 aromatic carbocycles. The summed E-state index contributed by atoms with van der Waals surface area (Å²) in [6.07, 6.45) is -0.615. The van der Waals surface area contributed by atoms with Gasteiger partial charge in [0.2, 0.25) is 0 Å². The molecule has 0 aliphatic heterocycles. The van der Waals surface area contributed by atoms with Gasteiger partial charge in [-0.25, -0.2) is 4.98 Å². The Balaban J connectivity index is 2.88. The van der Waals surface area contributed by atoms with E-state index in [9.17, 15) is 0 Å². The third kappa shape index (κ3) is 2.17. The van der Waals surface area contributed by atoms with Gasteiger partial charge in [0.25, 0.3) is 0 Å². The highest BCUT2D eigenvalue weighted by molar-refractivity contribution is 6.29. The molecule has 0 unspecified atom stereocenters. The van der Waals surface area contributed by atoms with Crippen molar-refractivity contribution >= 4 is 11.6 Å². The van der Waals surface area contributed by atoms with E-state index in [0.29, 0.717) is 10.8 Å². The SMILES string of the molecule is C[C@@H](O)[C@H](N)c1cccc(Cl)n1. The summed E-state index contributed by atoms with van der Waals surface area (Å²) >= 11 is 5.65. The Bertz CT molecular complexity index is 265. The molecule has 4 heteroatoms. The van der Waals surface area contributed by atoms with Crippen LogP contribution in [0.3, 0.4) is 0 Å². The van der Waals surface area contributed by atoms with Gasteiger partial charge in [-0.15, -0.1) is 0 Å². The van der Waals surface area contributed by atoms with E-state index >= 15 is 0 Å². The number of rotatable bonds is 2. The molecule has 1 aromatic rings. The predicted molar refractivity (Wildman–Crippen MR) is 47.9 cm³/mol. The molecule has 0 aliphatic rings. The van der Waals surface area contributed by atoms with Gasteiger partial charge >= 0.3 is 0 Å². The highest BCUT2D eigenvalue weighted by atomic mass is 35.5. The average Bonchev–Trinajstić information content (AvgIpc) is 2.03. The van der Waals surface area contributed by atoms with Crippen molar-refractivity contribution in [1.29, 1.82) is 0 Å². The summed E-state index contributed by atoms with van der Waals surface area (Å²) in [6.45, 7) is 1.62. The van der Waals surface area contributed by atoms with E-state index < -0.39 is 12.1 Å². The molecule has 0 spiro atoms. The van der Waals surface area contributed by atoms with Gasteiger partial charge in [0.15, 0.2) is 0 Å². The van der Waals surface area contributed by atoms with Crippen LogP contribution >= 0.6 is 11.6 Å². The van der Waals surface area contributed by atoms with Crippen molar-refractivity contribution in [1.82, 2.24) is 4.98 Å². The molecular formula is C8H11ClN2O. The maximum Gasteiger partial charge on any atom is 0.129 e. The molecule has 3 N–H and O–H groups in total. The van der Waals surface area contributed by atoms with Gasteiger partial charge in [0, 0.05) is 0 Å². The van der Waals surface area contributed by atoms with E-state index in [1.54, 1.807) is 25.1 Å². The second-order valence-corrected chi connectivity index (χ2v) is 3.04. The highest BCUT2D eigenvalue weighted by Crippen LogP contribution is 2.13. The normalized spacial score (nSPS) is 15.7. The molecule has 66 valence electrons. The van der Waals surface area contributed by atoms with Crippen molar-refractivity contribution in [2.75, 3.05) is 0 Å². The molecule has 0 saturated heterocycles. The van der Waals surface area contributed by atoms with Crippen molar-refractivity contribution in [3.8, 4) is 0 Å². The van der Waals surface area contributed by atoms with Gasteiger partial charge in [0.1, 0.15) is 5.15 Å². The third-order valence-corrected chi connectivity index (χ3v) is 1.81. The number of nitrogens with zero attached hydrogens (tertiary/aromatic N) is 1. The summed E-state index contributed by atoms with van der Waals surface area (Å²) < 4.78 is 0. The first-order chi connectivity index (χ1) is 5.61. The van der Waals surface area contributed by atoms with Crippen LogP contribution in [0.15, 0.2) is 18.2 Å². The second kappa shape index (κ2) is 3.85. The van der Waals surface area contributed by atoms with Gasteiger partial charge in [0.05, 0.1) is 17.8 Å². The lowest BCUT2D eigenvalue weighted by atomic mass is 10.1. The van der Waals surface area contributed by atoms with Crippen LogP contribution in [0.2, 0.25) is 5.15 Å². The molecule has 0 radical (unpaired) electrons. The lowest BCUT2D eigenvalue weighted by molar-refractivity contribution is 0.162. The second-order valence-electron chi connectivity index (χ2n) is 2.65. The van der Waals surface area contributed by atoms with Crippen LogP contribution in [0.5, 0.6) is 0 Å². The summed E-state index contributed by atoms with van der Waals surface area (Å²) in [6, 6.07) is 4.69. The Labute approximate surface area is 76.2 Å². The zero-order valence-corrected chi connectivity index (χ0v) is 7.49.